The van der Waals surface area contributed by atoms with E-state index in [2.05, 4.69) is 196 Å². The second-order valence-electron chi connectivity index (χ2n) is 24.3. The van der Waals surface area contributed by atoms with E-state index in [9.17, 15) is 0 Å². The molecule has 2 nitrogen and oxygen atoms in total. The van der Waals surface area contributed by atoms with Gasteiger partial charge in [0, 0.05) is 54.0 Å². The number of hydrogen-bond donors (Lipinski definition) is 0. The van der Waals surface area contributed by atoms with Crippen LogP contribution in [-0.2, 0) is 4.53 Å². The lowest BCUT2D eigenvalue weighted by atomic mass is 10.0. The molecule has 3 aromatic rings. The van der Waals surface area contributed by atoms with Crippen LogP contribution >= 0.6 is 0 Å². The van der Waals surface area contributed by atoms with Gasteiger partial charge in [0.15, 0.2) is 0 Å². The molecule has 4 rings (SSSR count). The number of rotatable bonds is 12. The lowest BCUT2D eigenvalue weighted by Gasteiger charge is -2.50. The molecule has 0 aromatic heterocycles. The van der Waals surface area contributed by atoms with E-state index in [0.29, 0.717) is 15.5 Å². The fourth-order valence-corrected chi connectivity index (χ4v) is 55.9. The highest BCUT2D eigenvalue weighted by atomic mass is 28.4. The Balaban J connectivity index is 2.52. The molecule has 9 heteroatoms. The lowest BCUT2D eigenvalue weighted by molar-refractivity contribution is 0.325. The normalized spacial score (nSPS) is 17.5. The summed E-state index contributed by atoms with van der Waals surface area (Å²) in [7, 11) is -13.6. The van der Waals surface area contributed by atoms with Crippen molar-refractivity contribution in [3.63, 3.8) is 0 Å². The predicted molar refractivity (Wildman–Crippen MR) is 269 cm³/mol. The molecule has 0 amide bonds. The lowest BCUT2D eigenvalue weighted by Crippen LogP contribution is -2.75. The third-order valence-electron chi connectivity index (χ3n) is 12.3. The fourth-order valence-electron chi connectivity index (χ4n) is 12.6. The van der Waals surface area contributed by atoms with Gasteiger partial charge in [0.05, 0.1) is 0 Å². The summed E-state index contributed by atoms with van der Waals surface area (Å²) >= 11 is 0. The summed E-state index contributed by atoms with van der Waals surface area (Å²) in [5.74, 6) is 0. The number of oxime groups is 1. The van der Waals surface area contributed by atoms with Crippen LogP contribution in [0.3, 0.4) is 0 Å². The van der Waals surface area contributed by atoms with Crippen molar-refractivity contribution in [2.24, 2.45) is 5.16 Å². The Morgan fingerprint density at radius 3 is 1.00 bits per heavy atom. The summed E-state index contributed by atoms with van der Waals surface area (Å²) in [6.45, 7) is 62.0. The second kappa shape index (κ2) is 15.0. The average Bonchev–Trinajstić information content (AvgIpc) is 2.87. The van der Waals surface area contributed by atoms with Gasteiger partial charge in [-0.25, -0.2) is 0 Å². The topological polar surface area (TPSA) is 21.6 Å². The highest BCUT2D eigenvalue weighted by molar-refractivity contribution is 7.23. The van der Waals surface area contributed by atoms with E-state index in [4.69, 9.17) is 9.68 Å². The van der Waals surface area contributed by atoms with Crippen molar-refractivity contribution in [1.29, 1.82) is 0 Å². The van der Waals surface area contributed by atoms with Gasteiger partial charge < -0.3 is 4.53 Å². The minimum atomic E-state index is -3.18. The monoisotopic (exact) mass is 859 g/mol. The van der Waals surface area contributed by atoms with Crippen LogP contribution in [0.15, 0.2) is 41.6 Å². The van der Waals surface area contributed by atoms with Crippen LogP contribution < -0.4 is 10.4 Å². The molecular weight excluding hydrogens is 779 g/mol. The molecule has 1 atom stereocenters. The van der Waals surface area contributed by atoms with Crippen LogP contribution in [0.5, 0.6) is 0 Å². The molecule has 304 valence electrons. The average molecular weight is 861 g/mol. The molecule has 1 aliphatic heterocycles. The second-order valence-corrected chi connectivity index (χ2v) is 60.9. The maximum atomic E-state index is 7.47. The minimum Gasteiger partial charge on any atom is -0.436 e. The molecule has 0 bridgehead atoms. The van der Waals surface area contributed by atoms with E-state index >= 15 is 0 Å². The largest absolute Gasteiger partial charge is 0.436 e. The van der Waals surface area contributed by atoms with Gasteiger partial charge in [0.25, 0.3) is 0 Å². The first-order valence-electron chi connectivity index (χ1n) is 21.2. The first-order valence-corrected chi connectivity index (χ1v) is 44.5. The molecule has 1 heterocycles. The fraction of sp³-hybridized carbons (Fsp3) is 0.587. The Kier molecular flexibility index (Phi) is 12.7. The summed E-state index contributed by atoms with van der Waals surface area (Å²) in [5.41, 5.74) is 14.4. The third-order valence-corrected chi connectivity index (χ3v) is 44.3. The number of aryl methyl sites for hydroxylation is 6. The molecule has 55 heavy (non-hydrogen) atoms. The summed E-state index contributed by atoms with van der Waals surface area (Å²) in [5, 5.41) is 11.4. The summed E-state index contributed by atoms with van der Waals surface area (Å²) in [6, 6.07) is 15.4. The van der Waals surface area contributed by atoms with Crippen LogP contribution in [0.1, 0.15) is 71.1 Å². The van der Waals surface area contributed by atoms with Gasteiger partial charge in [-0.05, 0) is 106 Å². The Labute approximate surface area is 347 Å². The van der Waals surface area contributed by atoms with Crippen LogP contribution in [0.2, 0.25) is 118 Å². The van der Waals surface area contributed by atoms with Crippen LogP contribution in [-0.4, -0.2) is 62.1 Å². The molecule has 3 aromatic carbocycles. The van der Waals surface area contributed by atoms with E-state index in [1.54, 1.807) is 21.9 Å². The van der Waals surface area contributed by atoms with Crippen molar-refractivity contribution in [2.75, 3.05) is 0 Å². The maximum absolute atomic E-state index is 7.47. The van der Waals surface area contributed by atoms with E-state index in [-0.39, 0.29) is 0 Å². The summed E-state index contributed by atoms with van der Waals surface area (Å²) in [6.07, 6.45) is 0. The highest BCUT2D eigenvalue weighted by Crippen LogP contribution is 2.46. The molecule has 0 fully saturated rings. The molecule has 0 spiro atoms. The molecule has 0 radical (unpaired) electrons. The van der Waals surface area contributed by atoms with Crippen molar-refractivity contribution in [3.05, 3.63) is 92.0 Å². The van der Waals surface area contributed by atoms with E-state index in [1.165, 1.54) is 49.5 Å². The first-order chi connectivity index (χ1) is 24.6. The molecular formula is C46H81NOSi7. The van der Waals surface area contributed by atoms with Crippen molar-refractivity contribution < 1.29 is 4.53 Å². The zero-order valence-corrected chi connectivity index (χ0v) is 47.1. The van der Waals surface area contributed by atoms with E-state index < -0.39 is 56.8 Å². The molecule has 1 unspecified atom stereocenters. The zero-order valence-electron chi connectivity index (χ0n) is 40.1. The van der Waals surface area contributed by atoms with Gasteiger partial charge in [-0.2, -0.15) is 0 Å². The summed E-state index contributed by atoms with van der Waals surface area (Å²) < 4.78 is 7.47. The zero-order chi connectivity index (χ0) is 42.4. The van der Waals surface area contributed by atoms with Crippen LogP contribution in [0.25, 0.3) is 0 Å². The molecule has 0 N–H and O–H groups in total. The van der Waals surface area contributed by atoms with Gasteiger partial charge >= 0.3 is 8.32 Å². The standard InChI is InChI=1S/C46H81NOSi7/c1-31-25-33(3)40(34(4)26-31)43-47-48-55(43,41-35(5)27-32(2)28-36(41)6)42-38(45(51(13,14)15)52(16,17)18)29-37(44(49(7,8)9)50(10,11)12)30-39(42)46(53(19,20)21)54(22,23)24/h25-30,44-46H,1-24H3. The number of hydrogen-bond acceptors (Lipinski definition) is 2. The van der Waals surface area contributed by atoms with Crippen molar-refractivity contribution in [2.45, 2.75) is 175 Å². The Morgan fingerprint density at radius 2 is 0.727 bits per heavy atom. The SMILES string of the molecule is Cc1cc(C)c(C2=NO[Si]2(c2c(C)cc(C)cc2C)c2c(C([Si](C)(C)C)[Si](C)(C)C)cc(C([Si](C)(C)C)[Si](C)(C)C)cc2C([Si](C)(C)C)[Si](C)(C)C)c(C)c1. The maximum Gasteiger partial charge on any atom is 0.403 e. The Morgan fingerprint density at radius 1 is 0.418 bits per heavy atom. The van der Waals surface area contributed by atoms with Crippen LogP contribution in [0.4, 0.5) is 0 Å². The van der Waals surface area contributed by atoms with Crippen molar-refractivity contribution >= 4 is 72.5 Å². The van der Waals surface area contributed by atoms with E-state index in [0.717, 1.165) is 0 Å². The van der Waals surface area contributed by atoms with Crippen LogP contribution in [0, 0.1) is 41.5 Å². The molecule has 0 aliphatic carbocycles. The quantitative estimate of drug-likeness (QED) is 0.166. The van der Waals surface area contributed by atoms with Crippen molar-refractivity contribution in [3.8, 4) is 0 Å². The first kappa shape index (κ1) is 46.3. The summed E-state index contributed by atoms with van der Waals surface area (Å²) in [4.78, 5) is 0. The predicted octanol–water partition coefficient (Wildman–Crippen LogP) is 13.1. The Bertz CT molecular complexity index is 1830. The molecule has 0 saturated carbocycles. The third kappa shape index (κ3) is 8.98. The van der Waals surface area contributed by atoms with Gasteiger partial charge in [-0.3, -0.25) is 0 Å². The highest BCUT2D eigenvalue weighted by Gasteiger charge is 2.62. The van der Waals surface area contributed by atoms with Crippen molar-refractivity contribution in [1.82, 2.24) is 0 Å². The minimum absolute atomic E-state index is 0.572. The van der Waals surface area contributed by atoms with Gasteiger partial charge in [0.2, 0.25) is 0 Å². The van der Waals surface area contributed by atoms with Gasteiger partial charge in [0.1, 0.15) is 5.33 Å². The Hall–Kier alpha value is -1.35. The van der Waals surface area contributed by atoms with E-state index in [1.807, 2.05) is 0 Å². The van der Waals surface area contributed by atoms with Gasteiger partial charge in [-0.1, -0.05) is 165 Å². The number of benzene rings is 3. The number of nitrogens with zero attached hydrogens (tertiary/aromatic N) is 1. The van der Waals surface area contributed by atoms with Gasteiger partial charge in [-0.15, -0.1) is 5.16 Å². The smallest absolute Gasteiger partial charge is 0.403 e. The molecule has 0 saturated heterocycles. The molecule has 1 aliphatic rings.